The van der Waals surface area contributed by atoms with Gasteiger partial charge in [0.15, 0.2) is 0 Å². The molecule has 17 heavy (non-hydrogen) atoms. The lowest BCUT2D eigenvalue weighted by Crippen LogP contribution is -2.03. The van der Waals surface area contributed by atoms with Crippen molar-refractivity contribution in [1.82, 2.24) is 10.3 Å². The fraction of sp³-hybridized carbons (Fsp3) is 0.385. The van der Waals surface area contributed by atoms with Crippen LogP contribution in [0.15, 0.2) is 28.9 Å². The molecule has 0 aliphatic heterocycles. The number of nitrogens with zero attached hydrogens (tertiary/aromatic N) is 2. The van der Waals surface area contributed by atoms with E-state index in [-0.39, 0.29) is 0 Å². The molecule has 1 heterocycles. The molecule has 1 N–H and O–H groups in total. The van der Waals surface area contributed by atoms with Crippen LogP contribution < -0.4 is 5.32 Å². The van der Waals surface area contributed by atoms with Gasteiger partial charge >= 0.3 is 0 Å². The van der Waals surface area contributed by atoms with Crippen molar-refractivity contribution in [2.24, 2.45) is 0 Å². The van der Waals surface area contributed by atoms with E-state index in [0.717, 1.165) is 29.9 Å². The number of rotatable bonds is 5. The lowest BCUT2D eigenvalue weighted by molar-refractivity contribution is 0.301. The molecular formula is C13H17N3O. The van der Waals surface area contributed by atoms with Gasteiger partial charge in [0.1, 0.15) is 11.4 Å². The van der Waals surface area contributed by atoms with E-state index < -0.39 is 0 Å². The van der Waals surface area contributed by atoms with Gasteiger partial charge in [0.05, 0.1) is 6.54 Å². The number of aromatic nitrogens is 2. The van der Waals surface area contributed by atoms with Gasteiger partial charge in [-0.1, -0.05) is 41.9 Å². The van der Waals surface area contributed by atoms with E-state index in [4.69, 9.17) is 0 Å². The van der Waals surface area contributed by atoms with E-state index in [1.165, 1.54) is 5.56 Å². The average molecular weight is 231 g/mol. The Morgan fingerprint density at radius 3 is 2.76 bits per heavy atom. The number of anilines is 1. The summed E-state index contributed by atoms with van der Waals surface area (Å²) >= 11 is 0. The largest absolute Gasteiger partial charge is 0.379 e. The normalized spacial score (nSPS) is 10.5. The first-order valence-electron chi connectivity index (χ1n) is 5.91. The second-order valence-electron chi connectivity index (χ2n) is 4.06. The summed E-state index contributed by atoms with van der Waals surface area (Å²) in [5, 5.41) is 11.0. The molecule has 0 spiro atoms. The van der Waals surface area contributed by atoms with Crippen LogP contribution in [0, 0.1) is 6.92 Å². The highest BCUT2D eigenvalue weighted by molar-refractivity contribution is 5.51. The van der Waals surface area contributed by atoms with Crippen LogP contribution in [0.25, 0.3) is 0 Å². The van der Waals surface area contributed by atoms with E-state index in [2.05, 4.69) is 45.4 Å². The number of nitrogens with one attached hydrogen (secondary N) is 1. The topological polar surface area (TPSA) is 51.0 Å². The maximum absolute atomic E-state index is 4.67. The molecule has 1 aromatic carbocycles. The molecule has 2 aromatic rings. The SMILES string of the molecule is CCCc1ccccc1NCc1nonc1C. The Hall–Kier alpha value is -1.84. The van der Waals surface area contributed by atoms with Crippen molar-refractivity contribution in [2.75, 3.05) is 5.32 Å². The number of para-hydroxylation sites is 1. The summed E-state index contributed by atoms with van der Waals surface area (Å²) in [5.74, 6) is 0. The Bertz CT molecular complexity index is 479. The maximum atomic E-state index is 4.67. The van der Waals surface area contributed by atoms with Gasteiger partial charge in [0, 0.05) is 5.69 Å². The predicted octanol–water partition coefficient (Wildman–Crippen LogP) is 2.94. The zero-order valence-corrected chi connectivity index (χ0v) is 10.2. The Morgan fingerprint density at radius 1 is 1.24 bits per heavy atom. The molecule has 0 saturated heterocycles. The van der Waals surface area contributed by atoms with E-state index in [9.17, 15) is 0 Å². The van der Waals surface area contributed by atoms with Gasteiger partial charge < -0.3 is 5.32 Å². The summed E-state index contributed by atoms with van der Waals surface area (Å²) in [6.07, 6.45) is 2.22. The number of benzene rings is 1. The Labute approximate surface area is 101 Å². The Morgan fingerprint density at radius 2 is 2.06 bits per heavy atom. The molecule has 0 atom stereocenters. The van der Waals surface area contributed by atoms with Gasteiger partial charge in [0.25, 0.3) is 0 Å². The van der Waals surface area contributed by atoms with Crippen molar-refractivity contribution in [3.05, 3.63) is 41.2 Å². The van der Waals surface area contributed by atoms with Crippen LogP contribution in [-0.2, 0) is 13.0 Å². The van der Waals surface area contributed by atoms with Gasteiger partial charge in [-0.2, -0.15) is 0 Å². The van der Waals surface area contributed by atoms with Gasteiger partial charge in [-0.15, -0.1) is 0 Å². The van der Waals surface area contributed by atoms with E-state index in [1.807, 2.05) is 13.0 Å². The zero-order valence-electron chi connectivity index (χ0n) is 10.2. The van der Waals surface area contributed by atoms with Gasteiger partial charge in [-0.05, 0) is 25.0 Å². The molecular weight excluding hydrogens is 214 g/mol. The van der Waals surface area contributed by atoms with Crippen molar-refractivity contribution >= 4 is 5.69 Å². The molecule has 4 nitrogen and oxygen atoms in total. The molecule has 1 aromatic heterocycles. The van der Waals surface area contributed by atoms with Crippen molar-refractivity contribution in [3.63, 3.8) is 0 Å². The lowest BCUT2D eigenvalue weighted by atomic mass is 10.1. The third kappa shape index (κ3) is 2.84. The first-order chi connectivity index (χ1) is 8.31. The van der Waals surface area contributed by atoms with Crippen LogP contribution in [0.4, 0.5) is 5.69 Å². The van der Waals surface area contributed by atoms with Crippen LogP contribution in [0.3, 0.4) is 0 Å². The standard InChI is InChI=1S/C13H17N3O/c1-3-6-11-7-4-5-8-12(11)14-9-13-10(2)15-17-16-13/h4-5,7-8,14H,3,6,9H2,1-2H3. The van der Waals surface area contributed by atoms with E-state index in [0.29, 0.717) is 6.54 Å². The van der Waals surface area contributed by atoms with Crippen molar-refractivity contribution in [2.45, 2.75) is 33.2 Å². The first-order valence-corrected chi connectivity index (χ1v) is 5.91. The summed E-state index contributed by atoms with van der Waals surface area (Å²) in [7, 11) is 0. The quantitative estimate of drug-likeness (QED) is 0.859. The molecule has 0 saturated carbocycles. The molecule has 0 amide bonds. The summed E-state index contributed by atoms with van der Waals surface area (Å²) in [6, 6.07) is 8.35. The highest BCUT2D eigenvalue weighted by atomic mass is 16.6. The number of hydrogen-bond acceptors (Lipinski definition) is 4. The third-order valence-electron chi connectivity index (χ3n) is 2.73. The lowest BCUT2D eigenvalue weighted by Gasteiger charge is -2.10. The van der Waals surface area contributed by atoms with E-state index >= 15 is 0 Å². The molecule has 0 bridgehead atoms. The second-order valence-corrected chi connectivity index (χ2v) is 4.06. The van der Waals surface area contributed by atoms with Crippen molar-refractivity contribution in [1.29, 1.82) is 0 Å². The molecule has 90 valence electrons. The first kappa shape index (κ1) is 11.6. The van der Waals surface area contributed by atoms with E-state index in [1.54, 1.807) is 0 Å². The molecule has 0 unspecified atom stereocenters. The van der Waals surface area contributed by atoms with Crippen molar-refractivity contribution in [3.8, 4) is 0 Å². The molecule has 0 radical (unpaired) electrons. The number of hydrogen-bond donors (Lipinski definition) is 1. The molecule has 4 heteroatoms. The van der Waals surface area contributed by atoms with Crippen LogP contribution in [0.5, 0.6) is 0 Å². The van der Waals surface area contributed by atoms with Gasteiger partial charge in [0.2, 0.25) is 0 Å². The van der Waals surface area contributed by atoms with Crippen LogP contribution >= 0.6 is 0 Å². The minimum absolute atomic E-state index is 0.649. The molecule has 0 aliphatic rings. The summed E-state index contributed by atoms with van der Waals surface area (Å²) < 4.78 is 4.67. The fourth-order valence-corrected chi connectivity index (χ4v) is 1.77. The highest BCUT2D eigenvalue weighted by Gasteiger charge is 2.06. The minimum Gasteiger partial charge on any atom is -0.379 e. The second kappa shape index (κ2) is 5.48. The third-order valence-corrected chi connectivity index (χ3v) is 2.73. The Balaban J connectivity index is 2.06. The molecule has 0 fully saturated rings. The smallest absolute Gasteiger partial charge is 0.127 e. The number of aryl methyl sites for hydroxylation is 2. The van der Waals surface area contributed by atoms with Crippen LogP contribution in [-0.4, -0.2) is 10.3 Å². The van der Waals surface area contributed by atoms with Gasteiger partial charge in [-0.25, -0.2) is 4.63 Å². The van der Waals surface area contributed by atoms with Crippen molar-refractivity contribution < 1.29 is 4.63 Å². The Kier molecular flexibility index (Phi) is 3.75. The monoisotopic (exact) mass is 231 g/mol. The van der Waals surface area contributed by atoms with Gasteiger partial charge in [-0.3, -0.25) is 0 Å². The highest BCUT2D eigenvalue weighted by Crippen LogP contribution is 2.17. The summed E-state index contributed by atoms with van der Waals surface area (Å²) in [6.45, 7) is 4.73. The maximum Gasteiger partial charge on any atom is 0.127 e. The van der Waals surface area contributed by atoms with Crippen LogP contribution in [0.2, 0.25) is 0 Å². The molecule has 2 rings (SSSR count). The minimum atomic E-state index is 0.649. The molecule has 0 aliphatic carbocycles. The zero-order chi connectivity index (χ0) is 12.1. The summed E-state index contributed by atoms with van der Waals surface area (Å²) in [5.41, 5.74) is 4.20. The predicted molar refractivity (Wildman–Crippen MR) is 66.8 cm³/mol. The fourth-order valence-electron chi connectivity index (χ4n) is 1.77. The average Bonchev–Trinajstić information content (AvgIpc) is 2.74. The van der Waals surface area contributed by atoms with Crippen LogP contribution in [0.1, 0.15) is 30.3 Å². The summed E-state index contributed by atoms with van der Waals surface area (Å²) in [4.78, 5) is 0.